The molecule has 0 fully saturated rings. The van der Waals surface area contributed by atoms with Crippen LogP contribution in [0.3, 0.4) is 0 Å². The second-order valence-electron chi connectivity index (χ2n) is 4.50. The van der Waals surface area contributed by atoms with Crippen molar-refractivity contribution in [2.24, 2.45) is 0 Å². The molecule has 0 N–H and O–H groups in total. The monoisotopic (exact) mass is 370 g/mol. The van der Waals surface area contributed by atoms with E-state index in [1.165, 1.54) is 18.7 Å². The van der Waals surface area contributed by atoms with Crippen molar-refractivity contribution in [1.29, 1.82) is 0 Å². The van der Waals surface area contributed by atoms with Crippen molar-refractivity contribution in [3.05, 3.63) is 33.0 Å². The Balaban J connectivity index is 2.55. The SMILES string of the molecule is COCCn1c(SCC(C)=O)nc2ccc(Br)cc2c1=O. The van der Waals surface area contributed by atoms with Crippen molar-refractivity contribution in [3.63, 3.8) is 0 Å². The van der Waals surface area contributed by atoms with Crippen molar-refractivity contribution >= 4 is 44.4 Å². The zero-order valence-corrected chi connectivity index (χ0v) is 14.2. The van der Waals surface area contributed by atoms with E-state index in [0.717, 1.165) is 4.47 Å². The lowest BCUT2D eigenvalue weighted by Crippen LogP contribution is -2.25. The Kier molecular flexibility index (Phi) is 5.55. The highest BCUT2D eigenvalue weighted by molar-refractivity contribution is 9.10. The average Bonchev–Trinajstić information content (AvgIpc) is 2.45. The minimum atomic E-state index is -0.121. The molecule has 0 spiro atoms. The Hall–Kier alpha value is -1.18. The molecule has 5 nitrogen and oxygen atoms in total. The third-order valence-electron chi connectivity index (χ3n) is 2.80. The fraction of sp³-hybridized carbons (Fsp3) is 0.357. The Morgan fingerprint density at radius 3 is 2.90 bits per heavy atom. The summed E-state index contributed by atoms with van der Waals surface area (Å²) in [5.41, 5.74) is 0.507. The van der Waals surface area contributed by atoms with E-state index >= 15 is 0 Å². The summed E-state index contributed by atoms with van der Waals surface area (Å²) in [4.78, 5) is 28.3. The Morgan fingerprint density at radius 1 is 1.48 bits per heavy atom. The molecule has 112 valence electrons. The Morgan fingerprint density at radius 2 is 2.24 bits per heavy atom. The molecule has 0 aliphatic heterocycles. The van der Waals surface area contributed by atoms with Gasteiger partial charge in [-0.25, -0.2) is 4.98 Å². The molecule has 0 amide bonds. The highest BCUT2D eigenvalue weighted by Gasteiger charge is 2.12. The molecule has 7 heteroatoms. The second-order valence-corrected chi connectivity index (χ2v) is 6.35. The largest absolute Gasteiger partial charge is 0.383 e. The summed E-state index contributed by atoms with van der Waals surface area (Å²) in [5.74, 6) is 0.338. The molecule has 1 heterocycles. The molecule has 2 rings (SSSR count). The fourth-order valence-electron chi connectivity index (χ4n) is 1.83. The summed E-state index contributed by atoms with van der Waals surface area (Å²) < 4.78 is 7.44. The molecule has 0 aliphatic carbocycles. The molecule has 0 unspecified atom stereocenters. The van der Waals surface area contributed by atoms with Gasteiger partial charge in [0.05, 0.1) is 29.8 Å². The van der Waals surface area contributed by atoms with E-state index in [1.807, 2.05) is 6.07 Å². The molecule has 2 aromatic rings. The lowest BCUT2D eigenvalue weighted by Gasteiger charge is -2.12. The van der Waals surface area contributed by atoms with Crippen molar-refractivity contribution in [2.75, 3.05) is 19.5 Å². The van der Waals surface area contributed by atoms with Crippen LogP contribution in [-0.4, -0.2) is 34.8 Å². The topological polar surface area (TPSA) is 61.2 Å². The minimum absolute atomic E-state index is 0.0449. The van der Waals surface area contributed by atoms with Gasteiger partial charge in [0.15, 0.2) is 5.16 Å². The standard InChI is InChI=1S/C14H15BrN2O3S/c1-9(18)8-21-14-16-12-4-3-10(15)7-11(12)13(19)17(14)5-6-20-2/h3-4,7H,5-6,8H2,1-2H3. The first-order valence-corrected chi connectivity index (χ1v) is 8.12. The van der Waals surface area contributed by atoms with Crippen LogP contribution >= 0.6 is 27.7 Å². The van der Waals surface area contributed by atoms with Crippen molar-refractivity contribution in [2.45, 2.75) is 18.6 Å². The Labute approximate surface area is 134 Å². The van der Waals surface area contributed by atoms with E-state index in [0.29, 0.717) is 35.0 Å². The maximum atomic E-state index is 12.6. The fourth-order valence-corrected chi connectivity index (χ4v) is 3.02. The number of benzene rings is 1. The maximum Gasteiger partial charge on any atom is 0.262 e. The number of carbonyl (C=O) groups excluding carboxylic acids is 1. The summed E-state index contributed by atoms with van der Waals surface area (Å²) in [6.07, 6.45) is 0. The van der Waals surface area contributed by atoms with Gasteiger partial charge < -0.3 is 4.74 Å². The number of ketones is 1. The van der Waals surface area contributed by atoms with Crippen LogP contribution in [0.25, 0.3) is 10.9 Å². The quantitative estimate of drug-likeness (QED) is 0.577. The van der Waals surface area contributed by atoms with E-state index < -0.39 is 0 Å². The summed E-state index contributed by atoms with van der Waals surface area (Å²) in [7, 11) is 1.58. The molecular weight excluding hydrogens is 356 g/mol. The van der Waals surface area contributed by atoms with Gasteiger partial charge in [-0.15, -0.1) is 0 Å². The third kappa shape index (κ3) is 3.93. The summed E-state index contributed by atoms with van der Waals surface area (Å²) in [6, 6.07) is 5.39. The number of rotatable bonds is 6. The number of ether oxygens (including phenoxy) is 1. The van der Waals surface area contributed by atoms with Crippen LogP contribution in [0.1, 0.15) is 6.92 Å². The predicted molar refractivity (Wildman–Crippen MR) is 87.0 cm³/mol. The average molecular weight is 371 g/mol. The van der Waals surface area contributed by atoms with Crippen LogP contribution in [0.2, 0.25) is 0 Å². The van der Waals surface area contributed by atoms with E-state index in [9.17, 15) is 9.59 Å². The van der Waals surface area contributed by atoms with Gasteiger partial charge in [0.1, 0.15) is 5.78 Å². The normalized spacial score (nSPS) is 11.0. The first-order chi connectivity index (χ1) is 10.0. The van der Waals surface area contributed by atoms with E-state index in [2.05, 4.69) is 20.9 Å². The molecule has 0 aliphatic rings. The Bertz CT molecular complexity index is 730. The lowest BCUT2D eigenvalue weighted by atomic mass is 10.2. The van der Waals surface area contributed by atoms with E-state index in [4.69, 9.17) is 4.74 Å². The van der Waals surface area contributed by atoms with Crippen LogP contribution in [0.5, 0.6) is 0 Å². The third-order valence-corrected chi connectivity index (χ3v) is 4.42. The molecule has 0 saturated heterocycles. The number of carbonyl (C=O) groups is 1. The number of halogens is 1. The number of aromatic nitrogens is 2. The first kappa shape index (κ1) is 16.2. The summed E-state index contributed by atoms with van der Waals surface area (Å²) in [6.45, 7) is 2.34. The van der Waals surface area contributed by atoms with E-state index in [-0.39, 0.29) is 11.3 Å². The number of hydrogen-bond acceptors (Lipinski definition) is 5. The van der Waals surface area contributed by atoms with Crippen molar-refractivity contribution < 1.29 is 9.53 Å². The highest BCUT2D eigenvalue weighted by atomic mass is 79.9. The minimum Gasteiger partial charge on any atom is -0.383 e. The number of hydrogen-bond donors (Lipinski definition) is 0. The number of Topliss-reactive ketones (excluding diaryl/α,β-unsaturated/α-hetero) is 1. The number of fused-ring (bicyclic) bond motifs is 1. The molecule has 1 aromatic carbocycles. The molecule has 0 saturated carbocycles. The molecule has 21 heavy (non-hydrogen) atoms. The van der Waals surface area contributed by atoms with Gasteiger partial charge in [-0.05, 0) is 25.1 Å². The van der Waals surface area contributed by atoms with E-state index in [1.54, 1.807) is 23.8 Å². The van der Waals surface area contributed by atoms with Crippen LogP contribution in [0.4, 0.5) is 0 Å². The molecule has 0 atom stereocenters. The van der Waals surface area contributed by atoms with Gasteiger partial charge in [-0.2, -0.15) is 0 Å². The van der Waals surface area contributed by atoms with Gasteiger partial charge in [0.2, 0.25) is 0 Å². The number of methoxy groups -OCH3 is 1. The van der Waals surface area contributed by atoms with Crippen LogP contribution in [-0.2, 0) is 16.1 Å². The van der Waals surface area contributed by atoms with Gasteiger partial charge in [0.25, 0.3) is 5.56 Å². The van der Waals surface area contributed by atoms with Crippen LogP contribution in [0.15, 0.2) is 32.6 Å². The number of nitrogens with zero attached hydrogens (tertiary/aromatic N) is 2. The zero-order chi connectivity index (χ0) is 15.4. The van der Waals surface area contributed by atoms with Gasteiger partial charge in [0, 0.05) is 11.6 Å². The molecule has 0 bridgehead atoms. The van der Waals surface area contributed by atoms with Crippen molar-refractivity contribution in [1.82, 2.24) is 9.55 Å². The molecule has 1 aromatic heterocycles. The predicted octanol–water partition coefficient (Wildman–Crippen LogP) is 2.49. The molecule has 0 radical (unpaired) electrons. The maximum absolute atomic E-state index is 12.6. The van der Waals surface area contributed by atoms with Gasteiger partial charge >= 0.3 is 0 Å². The highest BCUT2D eigenvalue weighted by Crippen LogP contribution is 2.20. The summed E-state index contributed by atoms with van der Waals surface area (Å²) >= 11 is 4.64. The summed E-state index contributed by atoms with van der Waals surface area (Å²) in [5, 5.41) is 1.09. The molecular formula is C14H15BrN2O3S. The zero-order valence-electron chi connectivity index (χ0n) is 11.8. The van der Waals surface area contributed by atoms with Gasteiger partial charge in [-0.1, -0.05) is 27.7 Å². The first-order valence-electron chi connectivity index (χ1n) is 6.34. The lowest BCUT2D eigenvalue weighted by molar-refractivity contribution is -0.114. The van der Waals surface area contributed by atoms with Crippen LogP contribution < -0.4 is 5.56 Å². The number of thioether (sulfide) groups is 1. The van der Waals surface area contributed by atoms with Gasteiger partial charge in [-0.3, -0.25) is 14.2 Å². The van der Waals surface area contributed by atoms with Crippen LogP contribution in [0, 0.1) is 0 Å². The second kappa shape index (κ2) is 7.20. The smallest absolute Gasteiger partial charge is 0.262 e. The van der Waals surface area contributed by atoms with Crippen molar-refractivity contribution in [3.8, 4) is 0 Å².